The second-order valence-corrected chi connectivity index (χ2v) is 7.81. The Labute approximate surface area is 163 Å². The highest BCUT2D eigenvalue weighted by atomic mass is 16.1. The summed E-state index contributed by atoms with van der Waals surface area (Å²) in [5.41, 5.74) is 3.07. The molecule has 1 fully saturated rings. The molecule has 7 nitrogen and oxygen atoms in total. The summed E-state index contributed by atoms with van der Waals surface area (Å²) in [7, 11) is 0. The smallest absolute Gasteiger partial charge is 0.266 e. The summed E-state index contributed by atoms with van der Waals surface area (Å²) in [6.45, 7) is 4.70. The zero-order chi connectivity index (χ0) is 18.9. The van der Waals surface area contributed by atoms with Gasteiger partial charge in [-0.3, -0.25) is 14.7 Å². The van der Waals surface area contributed by atoms with E-state index in [2.05, 4.69) is 24.5 Å². The average Bonchev–Trinajstić information content (AvgIpc) is 3.11. The first kappa shape index (κ1) is 17.3. The molecule has 144 valence electrons. The normalized spacial score (nSPS) is 17.3. The molecule has 0 amide bonds. The minimum absolute atomic E-state index is 0.0406. The molecule has 1 saturated heterocycles. The lowest BCUT2D eigenvalue weighted by Gasteiger charge is -2.39. The van der Waals surface area contributed by atoms with Crippen LogP contribution >= 0.6 is 0 Å². The minimum Gasteiger partial charge on any atom is -0.331 e. The third-order valence-electron chi connectivity index (χ3n) is 5.75. The van der Waals surface area contributed by atoms with Crippen molar-refractivity contribution >= 4 is 0 Å². The van der Waals surface area contributed by atoms with E-state index in [1.165, 1.54) is 24.4 Å². The lowest BCUT2D eigenvalue weighted by molar-refractivity contribution is 0.0741. The molecule has 0 spiro atoms. The molecular formula is C21H24N6O. The van der Waals surface area contributed by atoms with E-state index >= 15 is 0 Å². The second kappa shape index (κ2) is 7.31. The number of likely N-dealkylation sites (tertiary alicyclic amines) is 1. The molecule has 0 radical (unpaired) electrons. The number of pyridine rings is 1. The van der Waals surface area contributed by atoms with E-state index in [4.69, 9.17) is 0 Å². The van der Waals surface area contributed by atoms with E-state index in [-0.39, 0.29) is 5.56 Å². The van der Waals surface area contributed by atoms with Gasteiger partial charge in [0.15, 0.2) is 0 Å². The average molecular weight is 376 g/mol. The van der Waals surface area contributed by atoms with E-state index in [1.807, 2.05) is 18.3 Å². The molecular weight excluding hydrogens is 352 g/mol. The fraction of sp³-hybridized carbons (Fsp3) is 0.429. The van der Waals surface area contributed by atoms with Crippen molar-refractivity contribution in [2.75, 3.05) is 13.1 Å². The Balaban J connectivity index is 1.22. The van der Waals surface area contributed by atoms with E-state index in [0.717, 1.165) is 43.9 Å². The molecule has 3 aromatic rings. The number of fused-ring (bicyclic) bond motifs is 1. The van der Waals surface area contributed by atoms with Crippen LogP contribution in [-0.2, 0) is 26.1 Å². The zero-order valence-electron chi connectivity index (χ0n) is 15.9. The van der Waals surface area contributed by atoms with Gasteiger partial charge < -0.3 is 4.57 Å². The summed E-state index contributed by atoms with van der Waals surface area (Å²) < 4.78 is 4.00. The number of imidazole rings is 1. The number of aryl methyl sites for hydroxylation is 1. The quantitative estimate of drug-likeness (QED) is 0.681. The molecule has 0 saturated carbocycles. The van der Waals surface area contributed by atoms with Crippen LogP contribution in [0.3, 0.4) is 0 Å². The molecule has 2 aliphatic heterocycles. The SMILES string of the molecule is O=c1ccc(-c2ccncc2)nn1CC1CN(Cc2cnc3n2CCCC3)C1. The predicted octanol–water partition coefficient (Wildman–Crippen LogP) is 1.97. The standard InChI is InChI=1S/C21H24N6O/c28-21-5-4-19(17-6-8-22-9-7-17)24-27(21)14-16-12-25(13-16)15-18-11-23-20-3-1-2-10-26(18)20/h4-9,11,16H,1-3,10,12-15H2. The first-order valence-electron chi connectivity index (χ1n) is 10.0. The van der Waals surface area contributed by atoms with Gasteiger partial charge in [-0.05, 0) is 31.0 Å². The van der Waals surface area contributed by atoms with Crippen LogP contribution in [0.25, 0.3) is 11.3 Å². The van der Waals surface area contributed by atoms with Crippen molar-refractivity contribution in [1.82, 2.24) is 29.2 Å². The van der Waals surface area contributed by atoms with Crippen LogP contribution in [-0.4, -0.2) is 42.3 Å². The van der Waals surface area contributed by atoms with Crippen molar-refractivity contribution in [1.29, 1.82) is 0 Å². The third-order valence-corrected chi connectivity index (χ3v) is 5.75. The van der Waals surface area contributed by atoms with Gasteiger partial charge >= 0.3 is 0 Å². The molecule has 0 aliphatic carbocycles. The monoisotopic (exact) mass is 376 g/mol. The fourth-order valence-corrected chi connectivity index (χ4v) is 4.26. The van der Waals surface area contributed by atoms with Crippen molar-refractivity contribution in [2.45, 2.75) is 38.9 Å². The number of rotatable bonds is 5. The van der Waals surface area contributed by atoms with Crippen molar-refractivity contribution in [3.05, 3.63) is 64.7 Å². The summed E-state index contributed by atoms with van der Waals surface area (Å²) in [5, 5.41) is 4.57. The molecule has 0 atom stereocenters. The van der Waals surface area contributed by atoms with Gasteiger partial charge in [0.1, 0.15) is 5.82 Å². The number of hydrogen-bond acceptors (Lipinski definition) is 5. The first-order valence-corrected chi connectivity index (χ1v) is 10.0. The van der Waals surface area contributed by atoms with Crippen molar-refractivity contribution in [2.24, 2.45) is 5.92 Å². The summed E-state index contributed by atoms with van der Waals surface area (Å²) in [4.78, 5) is 23.3. The maximum Gasteiger partial charge on any atom is 0.266 e. The molecule has 5 rings (SSSR count). The van der Waals surface area contributed by atoms with Gasteiger partial charge in [-0.1, -0.05) is 0 Å². The lowest BCUT2D eigenvalue weighted by Crippen LogP contribution is -2.49. The topological polar surface area (TPSA) is 68.8 Å². The highest BCUT2D eigenvalue weighted by Gasteiger charge is 2.29. The van der Waals surface area contributed by atoms with Crippen molar-refractivity contribution in [3.63, 3.8) is 0 Å². The molecule has 0 unspecified atom stereocenters. The van der Waals surface area contributed by atoms with Crippen molar-refractivity contribution in [3.8, 4) is 11.3 Å². The summed E-state index contributed by atoms with van der Waals surface area (Å²) in [6, 6.07) is 7.21. The van der Waals surface area contributed by atoms with Crippen LogP contribution in [0.4, 0.5) is 0 Å². The van der Waals surface area contributed by atoms with E-state index in [9.17, 15) is 4.79 Å². The molecule has 7 heteroatoms. The Morgan fingerprint density at radius 1 is 1.07 bits per heavy atom. The predicted molar refractivity (Wildman–Crippen MR) is 106 cm³/mol. The zero-order valence-corrected chi connectivity index (χ0v) is 15.9. The molecule has 2 aliphatic rings. The number of aromatic nitrogens is 5. The Bertz CT molecular complexity index is 1020. The minimum atomic E-state index is -0.0406. The summed E-state index contributed by atoms with van der Waals surface area (Å²) >= 11 is 0. The molecule has 0 aromatic carbocycles. The molecule has 3 aromatic heterocycles. The van der Waals surface area contributed by atoms with E-state index < -0.39 is 0 Å². The Hall–Kier alpha value is -2.80. The van der Waals surface area contributed by atoms with Gasteiger partial charge in [-0.15, -0.1) is 0 Å². The number of hydrogen-bond donors (Lipinski definition) is 0. The van der Waals surface area contributed by atoms with Crippen LogP contribution in [0.15, 0.2) is 47.7 Å². The third kappa shape index (κ3) is 3.38. The summed E-state index contributed by atoms with van der Waals surface area (Å²) in [5.74, 6) is 1.70. The van der Waals surface area contributed by atoms with Crippen LogP contribution in [0.5, 0.6) is 0 Å². The molecule has 5 heterocycles. The Morgan fingerprint density at radius 3 is 2.79 bits per heavy atom. The Morgan fingerprint density at radius 2 is 1.93 bits per heavy atom. The lowest BCUT2D eigenvalue weighted by atomic mass is 10.00. The first-order chi connectivity index (χ1) is 13.8. The highest BCUT2D eigenvalue weighted by Crippen LogP contribution is 2.23. The van der Waals surface area contributed by atoms with Gasteiger partial charge in [0.2, 0.25) is 0 Å². The Kier molecular flexibility index (Phi) is 4.52. The summed E-state index contributed by atoms with van der Waals surface area (Å²) in [6.07, 6.45) is 9.13. The van der Waals surface area contributed by atoms with Gasteiger partial charge in [0, 0.05) is 68.7 Å². The van der Waals surface area contributed by atoms with Gasteiger partial charge in [-0.2, -0.15) is 5.10 Å². The van der Waals surface area contributed by atoms with E-state index in [0.29, 0.717) is 12.5 Å². The van der Waals surface area contributed by atoms with E-state index in [1.54, 1.807) is 29.2 Å². The van der Waals surface area contributed by atoms with Gasteiger partial charge in [0.05, 0.1) is 17.9 Å². The van der Waals surface area contributed by atoms with Crippen LogP contribution in [0.1, 0.15) is 24.4 Å². The maximum atomic E-state index is 12.2. The van der Waals surface area contributed by atoms with Crippen LogP contribution < -0.4 is 5.56 Å². The maximum absolute atomic E-state index is 12.2. The molecule has 0 N–H and O–H groups in total. The molecule has 0 bridgehead atoms. The van der Waals surface area contributed by atoms with Gasteiger partial charge in [0.25, 0.3) is 5.56 Å². The van der Waals surface area contributed by atoms with Crippen LogP contribution in [0.2, 0.25) is 0 Å². The highest BCUT2D eigenvalue weighted by molar-refractivity contribution is 5.56. The van der Waals surface area contributed by atoms with Crippen LogP contribution in [0, 0.1) is 5.92 Å². The second-order valence-electron chi connectivity index (χ2n) is 7.81. The van der Waals surface area contributed by atoms with Crippen molar-refractivity contribution < 1.29 is 0 Å². The largest absolute Gasteiger partial charge is 0.331 e. The molecule has 28 heavy (non-hydrogen) atoms. The number of nitrogens with zero attached hydrogens (tertiary/aromatic N) is 6. The fourth-order valence-electron chi connectivity index (χ4n) is 4.26. The van der Waals surface area contributed by atoms with Gasteiger partial charge in [-0.25, -0.2) is 9.67 Å².